The second-order valence-electron chi connectivity index (χ2n) is 12.1. The Morgan fingerprint density at radius 3 is 2.04 bits per heavy atom. The molecular weight excluding hydrogens is 744 g/mol. The topological polar surface area (TPSA) is 93.2 Å². The van der Waals surface area contributed by atoms with Gasteiger partial charge in [0.15, 0.2) is 6.61 Å². The number of carbonyl (C=O) groups is 1. The molecule has 2 saturated heterocycles. The quantitative estimate of drug-likeness (QED) is 0.173. The van der Waals surface area contributed by atoms with E-state index in [0.717, 1.165) is 11.1 Å². The van der Waals surface area contributed by atoms with Crippen LogP contribution in [0.1, 0.15) is 39.9 Å². The zero-order valence-electron chi connectivity index (χ0n) is 28.6. The van der Waals surface area contributed by atoms with E-state index in [9.17, 15) is 18.0 Å². The molecule has 2 atom stereocenters. The van der Waals surface area contributed by atoms with Crippen molar-refractivity contribution >= 4 is 43.1 Å². The molecule has 0 bridgehead atoms. The molecule has 0 N–H and O–H groups in total. The molecule has 52 heavy (non-hydrogen) atoms. The monoisotopic (exact) mass is 784 g/mol. The van der Waals surface area contributed by atoms with Gasteiger partial charge in [-0.1, -0.05) is 60.7 Å². The van der Waals surface area contributed by atoms with Crippen LogP contribution in [0.2, 0.25) is 0 Å². The molecule has 2 aliphatic heterocycles. The first-order valence-electron chi connectivity index (χ1n) is 16.3. The number of fused-ring (bicyclic) bond motifs is 1. The first kappa shape index (κ1) is 42.5. The van der Waals surface area contributed by atoms with Gasteiger partial charge in [0.05, 0.1) is 19.3 Å². The predicted octanol–water partition coefficient (Wildman–Crippen LogP) is 6.33. The van der Waals surface area contributed by atoms with Crippen molar-refractivity contribution in [1.82, 2.24) is 29.7 Å². The Hall–Kier alpha value is -3.88. The molecule has 16 heteroatoms. The van der Waals surface area contributed by atoms with Crippen molar-refractivity contribution < 1.29 is 32.2 Å². The number of piperazine rings is 2. The van der Waals surface area contributed by atoms with E-state index in [1.807, 2.05) is 41.3 Å². The Morgan fingerprint density at radius 1 is 0.846 bits per heavy atom. The number of hydrogen-bond acceptors (Lipinski definition) is 9. The number of carbonyl (C=O) groups excluding carboxylic acids is 1. The zero-order valence-corrected chi connectivity index (χ0v) is 31.1. The van der Waals surface area contributed by atoms with E-state index in [-0.39, 0.29) is 92.1 Å². The summed E-state index contributed by atoms with van der Waals surface area (Å²) in [5.74, 6) is -0.264. The average molecular weight is 786 g/mol. The maximum absolute atomic E-state index is 13.6. The number of methoxy groups -OCH3 is 1. The Balaban J connectivity index is 0.00000243. The standard InChI is InChI=1S/C36H39F3N6O4.3ClH/c1-3-48-35-41-32(47-2)29(33(42-35)49-24-36(37,38)39)22-43-20-28-21-44(34(46)27-14-16-40-17-15-27)18-19-45(28)30(23-43)31(25-10-6-4-7-11-25)26-12-8-5-9-13-26;;;/h4-17,28,30-31H,3,18-24H2,1-2H3;3*1H/t28-,30?;;;/m1.../s1. The average Bonchev–Trinajstić information content (AvgIpc) is 3.12. The minimum absolute atomic E-state index is 0. The number of halogens is 6. The second kappa shape index (κ2) is 19.3. The highest BCUT2D eigenvalue weighted by atomic mass is 35.5. The summed E-state index contributed by atoms with van der Waals surface area (Å²) < 4.78 is 56.3. The van der Waals surface area contributed by atoms with E-state index < -0.39 is 12.8 Å². The molecule has 0 radical (unpaired) electrons. The summed E-state index contributed by atoms with van der Waals surface area (Å²) in [4.78, 5) is 32.7. The van der Waals surface area contributed by atoms with Gasteiger partial charge >= 0.3 is 12.2 Å². The van der Waals surface area contributed by atoms with Crippen molar-refractivity contribution in [2.45, 2.75) is 37.6 Å². The summed E-state index contributed by atoms with van der Waals surface area (Å²) in [5.41, 5.74) is 3.15. The summed E-state index contributed by atoms with van der Waals surface area (Å²) in [5, 5.41) is 0. The summed E-state index contributed by atoms with van der Waals surface area (Å²) in [7, 11) is 1.40. The third-order valence-corrected chi connectivity index (χ3v) is 8.92. The molecular formula is C36H42Cl3F3N6O4. The van der Waals surface area contributed by atoms with Gasteiger partial charge in [0.1, 0.15) is 0 Å². The summed E-state index contributed by atoms with van der Waals surface area (Å²) in [6, 6.07) is 23.8. The lowest BCUT2D eigenvalue weighted by molar-refractivity contribution is -0.154. The van der Waals surface area contributed by atoms with Crippen LogP contribution >= 0.6 is 37.2 Å². The van der Waals surface area contributed by atoms with Crippen molar-refractivity contribution in [2.75, 3.05) is 53.0 Å². The fourth-order valence-corrected chi connectivity index (χ4v) is 6.87. The number of alkyl halides is 3. The lowest BCUT2D eigenvalue weighted by Crippen LogP contribution is -2.67. The highest BCUT2D eigenvalue weighted by Crippen LogP contribution is 2.38. The highest BCUT2D eigenvalue weighted by Gasteiger charge is 2.43. The number of ether oxygens (including phenoxy) is 3. The first-order valence-corrected chi connectivity index (χ1v) is 16.3. The molecule has 4 heterocycles. The van der Waals surface area contributed by atoms with Gasteiger partial charge < -0.3 is 19.1 Å². The minimum Gasteiger partial charge on any atom is -0.481 e. The lowest BCUT2D eigenvalue weighted by atomic mass is 9.81. The summed E-state index contributed by atoms with van der Waals surface area (Å²) in [6.07, 6.45) is -1.36. The van der Waals surface area contributed by atoms with Crippen LogP contribution < -0.4 is 14.2 Å². The molecule has 4 aromatic rings. The van der Waals surface area contributed by atoms with Gasteiger partial charge in [-0.25, -0.2) is 0 Å². The number of pyridine rings is 1. The molecule has 1 unspecified atom stereocenters. The van der Waals surface area contributed by atoms with Crippen LogP contribution in [0.3, 0.4) is 0 Å². The normalized spacial score (nSPS) is 17.5. The van der Waals surface area contributed by atoms with Crippen LogP contribution in [0, 0.1) is 0 Å². The smallest absolute Gasteiger partial charge is 0.422 e. The van der Waals surface area contributed by atoms with Crippen molar-refractivity contribution in [3.05, 3.63) is 107 Å². The van der Waals surface area contributed by atoms with E-state index in [2.05, 4.69) is 49.0 Å². The number of nitrogens with zero attached hydrogens (tertiary/aromatic N) is 6. The van der Waals surface area contributed by atoms with Gasteiger partial charge in [0.2, 0.25) is 11.8 Å². The van der Waals surface area contributed by atoms with Gasteiger partial charge in [-0.2, -0.15) is 23.1 Å². The zero-order chi connectivity index (χ0) is 34.4. The van der Waals surface area contributed by atoms with Gasteiger partial charge in [0, 0.05) is 75.2 Å². The van der Waals surface area contributed by atoms with Crippen LogP contribution in [0.15, 0.2) is 85.2 Å². The summed E-state index contributed by atoms with van der Waals surface area (Å²) >= 11 is 0. The van der Waals surface area contributed by atoms with Crippen molar-refractivity contribution in [3.8, 4) is 17.8 Å². The van der Waals surface area contributed by atoms with Gasteiger partial charge in [0.25, 0.3) is 5.91 Å². The Kier molecular flexibility index (Phi) is 15.8. The molecule has 2 aromatic carbocycles. The third kappa shape index (κ3) is 10.2. The number of aromatic nitrogens is 3. The Morgan fingerprint density at radius 2 is 1.46 bits per heavy atom. The van der Waals surface area contributed by atoms with Gasteiger partial charge in [-0.15, -0.1) is 37.2 Å². The number of rotatable bonds is 11. The van der Waals surface area contributed by atoms with Crippen LogP contribution in [0.4, 0.5) is 13.2 Å². The molecule has 2 fully saturated rings. The molecule has 282 valence electrons. The van der Waals surface area contributed by atoms with Crippen LogP contribution in [-0.2, 0) is 6.54 Å². The highest BCUT2D eigenvalue weighted by molar-refractivity contribution is 5.94. The van der Waals surface area contributed by atoms with E-state index in [0.29, 0.717) is 43.9 Å². The third-order valence-electron chi connectivity index (χ3n) is 8.92. The number of benzene rings is 2. The Labute approximate surface area is 319 Å². The molecule has 2 aliphatic rings. The van der Waals surface area contributed by atoms with E-state index in [4.69, 9.17) is 14.2 Å². The number of hydrogen-bond donors (Lipinski definition) is 0. The molecule has 0 spiro atoms. The van der Waals surface area contributed by atoms with Gasteiger partial charge in [-0.05, 0) is 30.2 Å². The van der Waals surface area contributed by atoms with E-state index in [1.165, 1.54) is 7.11 Å². The SMILES string of the molecule is CCOc1nc(OC)c(CN2CC(C(c3ccccc3)c3ccccc3)N3CCN(C(=O)c4ccncc4)C[C@H]3C2)c(OCC(F)(F)F)n1.Cl.Cl.Cl. The lowest BCUT2D eigenvalue weighted by Gasteiger charge is -2.53. The van der Waals surface area contributed by atoms with Crippen LogP contribution in [0.5, 0.6) is 17.8 Å². The minimum atomic E-state index is -4.58. The molecule has 0 saturated carbocycles. The van der Waals surface area contributed by atoms with Crippen molar-refractivity contribution in [3.63, 3.8) is 0 Å². The molecule has 0 aliphatic carbocycles. The van der Waals surface area contributed by atoms with Crippen LogP contribution in [0.25, 0.3) is 0 Å². The molecule has 10 nitrogen and oxygen atoms in total. The van der Waals surface area contributed by atoms with Gasteiger partial charge in [-0.3, -0.25) is 19.6 Å². The maximum Gasteiger partial charge on any atom is 0.422 e. The van der Waals surface area contributed by atoms with Crippen molar-refractivity contribution in [1.29, 1.82) is 0 Å². The second-order valence-corrected chi connectivity index (χ2v) is 12.1. The fourth-order valence-electron chi connectivity index (χ4n) is 6.87. The number of amides is 1. The van der Waals surface area contributed by atoms with E-state index in [1.54, 1.807) is 31.5 Å². The largest absolute Gasteiger partial charge is 0.481 e. The maximum atomic E-state index is 13.6. The van der Waals surface area contributed by atoms with Crippen LogP contribution in [-0.4, -0.2) is 107 Å². The fraction of sp³-hybridized carbons (Fsp3) is 0.389. The predicted molar refractivity (Wildman–Crippen MR) is 197 cm³/mol. The summed E-state index contributed by atoms with van der Waals surface area (Å²) in [6.45, 7) is 3.34. The van der Waals surface area contributed by atoms with E-state index >= 15 is 0 Å². The molecule has 2 aromatic heterocycles. The Bertz CT molecular complexity index is 1660. The molecule has 6 rings (SSSR count). The molecule has 1 amide bonds. The van der Waals surface area contributed by atoms with Crippen molar-refractivity contribution in [2.24, 2.45) is 0 Å². The first-order chi connectivity index (χ1) is 23.7.